The molecule has 0 spiro atoms. The molecule has 0 heterocycles. The lowest BCUT2D eigenvalue weighted by atomic mass is 9.84. The van der Waals surface area contributed by atoms with Gasteiger partial charge >= 0.3 is 0 Å². The zero-order chi connectivity index (χ0) is 14.1. The first kappa shape index (κ1) is 16.0. The first-order valence-electron chi connectivity index (χ1n) is 7.57. The Morgan fingerprint density at radius 2 is 2.00 bits per heavy atom. The van der Waals surface area contributed by atoms with Crippen molar-refractivity contribution in [2.24, 2.45) is 5.92 Å². The molecule has 1 N–H and O–H groups in total. The fourth-order valence-electron chi connectivity index (χ4n) is 2.61. The Labute approximate surface area is 118 Å². The molecule has 0 aliphatic carbocycles. The summed E-state index contributed by atoms with van der Waals surface area (Å²) in [4.78, 5) is 0. The molecule has 1 aromatic rings. The Hall–Kier alpha value is -1.02. The van der Waals surface area contributed by atoms with Crippen LogP contribution in [0.2, 0.25) is 0 Å². The van der Waals surface area contributed by atoms with Gasteiger partial charge in [0.25, 0.3) is 0 Å². The van der Waals surface area contributed by atoms with E-state index < -0.39 is 0 Å². The van der Waals surface area contributed by atoms with Crippen molar-refractivity contribution in [3.8, 4) is 5.75 Å². The average molecular weight is 263 g/mol. The van der Waals surface area contributed by atoms with Crippen molar-refractivity contribution in [3.63, 3.8) is 0 Å². The molecule has 2 atom stereocenters. The van der Waals surface area contributed by atoms with E-state index in [1.54, 1.807) is 7.11 Å². The minimum absolute atomic E-state index is 0.571. The summed E-state index contributed by atoms with van der Waals surface area (Å²) in [5, 5.41) is 3.57. The van der Waals surface area contributed by atoms with Gasteiger partial charge in [0, 0.05) is 6.54 Å². The zero-order valence-electron chi connectivity index (χ0n) is 12.9. The lowest BCUT2D eigenvalue weighted by molar-refractivity contribution is 0.395. The number of benzene rings is 1. The molecule has 0 saturated heterocycles. The van der Waals surface area contributed by atoms with Crippen molar-refractivity contribution in [2.45, 2.75) is 46.0 Å². The predicted molar refractivity (Wildman–Crippen MR) is 83.0 cm³/mol. The molecule has 0 amide bonds. The van der Waals surface area contributed by atoms with Gasteiger partial charge in [0.2, 0.25) is 0 Å². The minimum atomic E-state index is 0.571. The minimum Gasteiger partial charge on any atom is -0.497 e. The van der Waals surface area contributed by atoms with E-state index in [0.717, 1.165) is 18.8 Å². The molecule has 0 aromatic heterocycles. The Morgan fingerprint density at radius 3 is 2.63 bits per heavy atom. The Morgan fingerprint density at radius 1 is 1.21 bits per heavy atom. The van der Waals surface area contributed by atoms with Gasteiger partial charge in [-0.1, -0.05) is 45.7 Å². The monoisotopic (exact) mass is 263 g/mol. The first-order chi connectivity index (χ1) is 9.22. The second kappa shape index (κ2) is 8.98. The van der Waals surface area contributed by atoms with Gasteiger partial charge in [-0.05, 0) is 42.5 Å². The third-order valence-corrected chi connectivity index (χ3v) is 3.74. The first-order valence-corrected chi connectivity index (χ1v) is 7.57. The molecule has 19 heavy (non-hydrogen) atoms. The third-order valence-electron chi connectivity index (χ3n) is 3.74. The van der Waals surface area contributed by atoms with Crippen LogP contribution in [0.5, 0.6) is 5.75 Å². The van der Waals surface area contributed by atoms with Crippen LogP contribution in [-0.4, -0.2) is 20.2 Å². The predicted octanol–water partition coefficient (Wildman–Crippen LogP) is 4.21. The summed E-state index contributed by atoms with van der Waals surface area (Å²) in [5.41, 5.74) is 1.39. The molecule has 0 aliphatic heterocycles. The summed E-state index contributed by atoms with van der Waals surface area (Å²) < 4.78 is 5.35. The highest BCUT2D eigenvalue weighted by Gasteiger charge is 2.18. The van der Waals surface area contributed by atoms with Crippen molar-refractivity contribution in [3.05, 3.63) is 29.8 Å². The van der Waals surface area contributed by atoms with Gasteiger partial charge in [0.1, 0.15) is 5.75 Å². The van der Waals surface area contributed by atoms with Crippen LogP contribution < -0.4 is 10.1 Å². The van der Waals surface area contributed by atoms with Gasteiger partial charge in [0.15, 0.2) is 0 Å². The maximum atomic E-state index is 5.35. The number of nitrogens with one attached hydrogen (secondary N) is 1. The van der Waals surface area contributed by atoms with Crippen molar-refractivity contribution in [1.82, 2.24) is 5.32 Å². The van der Waals surface area contributed by atoms with Gasteiger partial charge in [-0.3, -0.25) is 0 Å². The number of methoxy groups -OCH3 is 1. The highest BCUT2D eigenvalue weighted by molar-refractivity contribution is 5.31. The maximum Gasteiger partial charge on any atom is 0.119 e. The van der Waals surface area contributed by atoms with Crippen LogP contribution in [0.1, 0.15) is 51.5 Å². The largest absolute Gasteiger partial charge is 0.497 e. The van der Waals surface area contributed by atoms with Gasteiger partial charge in [0.05, 0.1) is 7.11 Å². The normalized spacial score (nSPS) is 14.1. The summed E-state index contributed by atoms with van der Waals surface area (Å²) in [6.45, 7) is 8.99. The Balaban J connectivity index is 2.80. The second-order valence-electron chi connectivity index (χ2n) is 5.35. The van der Waals surface area contributed by atoms with E-state index in [9.17, 15) is 0 Å². The molecule has 2 unspecified atom stereocenters. The van der Waals surface area contributed by atoms with Crippen LogP contribution >= 0.6 is 0 Å². The number of hydrogen-bond donors (Lipinski definition) is 1. The highest BCUT2D eigenvalue weighted by Crippen LogP contribution is 2.29. The zero-order valence-corrected chi connectivity index (χ0v) is 12.9. The van der Waals surface area contributed by atoms with Crippen molar-refractivity contribution in [2.75, 3.05) is 20.2 Å². The fraction of sp³-hybridized carbons (Fsp3) is 0.647. The quantitative estimate of drug-likeness (QED) is 0.674. The topological polar surface area (TPSA) is 21.3 Å². The fourth-order valence-corrected chi connectivity index (χ4v) is 2.61. The van der Waals surface area contributed by atoms with Crippen LogP contribution in [0.15, 0.2) is 24.3 Å². The smallest absolute Gasteiger partial charge is 0.119 e. The third kappa shape index (κ3) is 5.23. The Bertz CT molecular complexity index is 351. The summed E-state index contributed by atoms with van der Waals surface area (Å²) in [6, 6.07) is 8.53. The molecule has 2 nitrogen and oxygen atoms in total. The van der Waals surface area contributed by atoms with E-state index in [2.05, 4.69) is 44.3 Å². The summed E-state index contributed by atoms with van der Waals surface area (Å²) in [6.07, 6.45) is 3.71. The van der Waals surface area contributed by atoms with E-state index >= 15 is 0 Å². The Kier molecular flexibility index (Phi) is 7.57. The van der Waals surface area contributed by atoms with E-state index in [0.29, 0.717) is 11.8 Å². The second-order valence-corrected chi connectivity index (χ2v) is 5.35. The van der Waals surface area contributed by atoms with Gasteiger partial charge in [-0.15, -0.1) is 0 Å². The summed E-state index contributed by atoms with van der Waals surface area (Å²) in [7, 11) is 1.74. The summed E-state index contributed by atoms with van der Waals surface area (Å²) >= 11 is 0. The molecule has 0 bridgehead atoms. The molecule has 1 aromatic carbocycles. The molecule has 0 radical (unpaired) electrons. The standard InChI is InChI=1S/C17H29NO/c1-5-8-14(3)17(13-18-11-6-2)15-9-7-10-16(12-15)19-4/h7,9-10,12,14,17-18H,5-6,8,11,13H2,1-4H3. The van der Waals surface area contributed by atoms with Crippen molar-refractivity contribution < 1.29 is 4.74 Å². The number of ether oxygens (including phenoxy) is 1. The van der Waals surface area contributed by atoms with Gasteiger partial charge in [-0.25, -0.2) is 0 Å². The van der Waals surface area contributed by atoms with E-state index in [-0.39, 0.29) is 0 Å². The van der Waals surface area contributed by atoms with Gasteiger partial charge < -0.3 is 10.1 Å². The molecule has 0 fully saturated rings. The van der Waals surface area contributed by atoms with Gasteiger partial charge in [-0.2, -0.15) is 0 Å². The van der Waals surface area contributed by atoms with Crippen LogP contribution in [0, 0.1) is 5.92 Å². The van der Waals surface area contributed by atoms with Crippen LogP contribution in [0.25, 0.3) is 0 Å². The lowest BCUT2D eigenvalue weighted by Crippen LogP contribution is -2.26. The van der Waals surface area contributed by atoms with Crippen LogP contribution in [0.4, 0.5) is 0 Å². The number of rotatable bonds is 9. The van der Waals surface area contributed by atoms with Crippen molar-refractivity contribution >= 4 is 0 Å². The van der Waals surface area contributed by atoms with Crippen LogP contribution in [0.3, 0.4) is 0 Å². The highest BCUT2D eigenvalue weighted by atomic mass is 16.5. The van der Waals surface area contributed by atoms with Crippen LogP contribution in [-0.2, 0) is 0 Å². The molecule has 2 heteroatoms. The lowest BCUT2D eigenvalue weighted by Gasteiger charge is -2.25. The summed E-state index contributed by atoms with van der Waals surface area (Å²) in [5.74, 6) is 2.23. The van der Waals surface area contributed by atoms with Crippen molar-refractivity contribution in [1.29, 1.82) is 0 Å². The van der Waals surface area contributed by atoms with E-state index in [4.69, 9.17) is 4.74 Å². The SMILES string of the molecule is CCCNCC(c1cccc(OC)c1)C(C)CCC. The molecular formula is C17H29NO. The molecule has 0 aliphatic rings. The van der Waals surface area contributed by atoms with E-state index in [1.165, 1.54) is 24.8 Å². The maximum absolute atomic E-state index is 5.35. The molecular weight excluding hydrogens is 234 g/mol. The van der Waals surface area contributed by atoms with E-state index in [1.807, 2.05) is 6.07 Å². The molecule has 108 valence electrons. The average Bonchev–Trinajstić information content (AvgIpc) is 2.44. The molecule has 1 rings (SSSR count). The number of hydrogen-bond acceptors (Lipinski definition) is 2. The molecule has 0 saturated carbocycles.